The summed E-state index contributed by atoms with van der Waals surface area (Å²) < 4.78 is 8.76. The normalized spacial score (nSPS) is 12.9. The Morgan fingerprint density at radius 1 is 1.15 bits per heavy atom. The Bertz CT molecular complexity index is 443. The van der Waals surface area contributed by atoms with Crippen LogP contribution in [0.4, 0.5) is 0 Å². The molecule has 0 aromatic heterocycles. The third-order valence-electron chi connectivity index (χ3n) is 2.41. The van der Waals surface area contributed by atoms with Crippen molar-refractivity contribution < 1.29 is 14.3 Å². The minimum atomic E-state index is -1.79. The Hall–Kier alpha value is -0.840. The Kier molecular flexibility index (Phi) is 6.24. The molecule has 0 heterocycles. The van der Waals surface area contributed by atoms with Gasteiger partial charge in [-0.25, -0.2) is 0 Å². The highest BCUT2D eigenvalue weighted by Crippen LogP contribution is 2.32. The van der Waals surface area contributed by atoms with E-state index < -0.39 is 10.0 Å². The van der Waals surface area contributed by atoms with Crippen LogP contribution in [0.5, 0.6) is 11.5 Å². The molecule has 1 rings (SSSR count). The molecule has 0 radical (unpaired) electrons. The summed E-state index contributed by atoms with van der Waals surface area (Å²) in [5.41, 5.74) is 0. The Labute approximate surface area is 133 Å². The lowest BCUT2D eigenvalue weighted by molar-refractivity contribution is -0.126. The molecule has 0 aliphatic heterocycles. The number of rotatable bonds is 5. The van der Waals surface area contributed by atoms with Gasteiger partial charge in [-0.1, -0.05) is 48.7 Å². The van der Waals surface area contributed by atoms with Crippen LogP contribution in [0, 0.1) is 5.92 Å². The van der Waals surface area contributed by atoms with E-state index in [1.807, 2.05) is 0 Å². The van der Waals surface area contributed by atoms with Crippen molar-refractivity contribution in [3.05, 3.63) is 24.3 Å². The van der Waals surface area contributed by atoms with Crippen molar-refractivity contribution in [3.8, 4) is 11.5 Å². The molecule has 112 valence electrons. The van der Waals surface area contributed by atoms with E-state index in [0.717, 1.165) is 0 Å². The first-order valence-electron chi connectivity index (χ1n) is 5.92. The summed E-state index contributed by atoms with van der Waals surface area (Å²) in [6.45, 7) is 3.47. The summed E-state index contributed by atoms with van der Waals surface area (Å²) in [6, 6.07) is 6.72. The molecule has 0 saturated carbocycles. The molecule has 4 nitrogen and oxygen atoms in total. The maximum Gasteiger partial charge on any atom is 0.246 e. The lowest BCUT2D eigenvalue weighted by Gasteiger charge is -2.27. The maximum atomic E-state index is 11.7. The number of hydrogen-bond acceptors (Lipinski definition) is 3. The number of alkyl halides is 3. The summed E-state index contributed by atoms with van der Waals surface area (Å²) in [5.74, 6) is 0.610. The van der Waals surface area contributed by atoms with Gasteiger partial charge in [-0.15, -0.1) is 0 Å². The van der Waals surface area contributed by atoms with Crippen LogP contribution in [0.25, 0.3) is 0 Å². The third kappa shape index (κ3) is 5.27. The van der Waals surface area contributed by atoms with Crippen LogP contribution in [0.2, 0.25) is 0 Å². The molecule has 0 aliphatic carbocycles. The zero-order chi connectivity index (χ0) is 15.3. The van der Waals surface area contributed by atoms with Crippen LogP contribution in [0.1, 0.15) is 13.8 Å². The number of carbonyl (C=O) groups excluding carboxylic acids is 1. The van der Waals surface area contributed by atoms with Crippen molar-refractivity contribution in [1.82, 2.24) is 5.32 Å². The summed E-state index contributed by atoms with van der Waals surface area (Å²) in [6.07, 6.45) is -1.09. The molecule has 0 fully saturated rings. The number of carbonyl (C=O) groups is 1. The quantitative estimate of drug-likeness (QED) is 0.659. The molecule has 0 spiro atoms. The van der Waals surface area contributed by atoms with E-state index in [1.54, 1.807) is 45.2 Å². The molecule has 0 unspecified atom stereocenters. The van der Waals surface area contributed by atoms with E-state index in [-0.39, 0.29) is 11.8 Å². The van der Waals surface area contributed by atoms with E-state index in [1.165, 1.54) is 0 Å². The second-order valence-electron chi connectivity index (χ2n) is 4.38. The van der Waals surface area contributed by atoms with Crippen LogP contribution in [-0.4, -0.2) is 23.0 Å². The van der Waals surface area contributed by atoms with Gasteiger partial charge < -0.3 is 14.8 Å². The topological polar surface area (TPSA) is 47.6 Å². The Morgan fingerprint density at radius 3 is 2.05 bits per heavy atom. The second-order valence-corrected chi connectivity index (χ2v) is 6.75. The standard InChI is InChI=1S/C13H16Cl3NO3/c1-8(2)11(18)17-12(13(14,15)16)20-10-6-4-9(19-3)5-7-10/h4-8,12H,1-3H3,(H,17,18)/t12-/m0/s1. The highest BCUT2D eigenvalue weighted by atomic mass is 35.6. The van der Waals surface area contributed by atoms with Gasteiger partial charge >= 0.3 is 0 Å². The number of methoxy groups -OCH3 is 1. The molecule has 0 saturated heterocycles. The van der Waals surface area contributed by atoms with Crippen molar-refractivity contribution >= 4 is 40.7 Å². The minimum absolute atomic E-state index is 0.246. The van der Waals surface area contributed by atoms with Gasteiger partial charge in [-0.2, -0.15) is 0 Å². The van der Waals surface area contributed by atoms with E-state index in [2.05, 4.69) is 5.32 Å². The van der Waals surface area contributed by atoms with Crippen LogP contribution in [0.15, 0.2) is 24.3 Å². The lowest BCUT2D eigenvalue weighted by atomic mass is 10.2. The van der Waals surface area contributed by atoms with Gasteiger partial charge in [-0.05, 0) is 24.3 Å². The fraction of sp³-hybridized carbons (Fsp3) is 0.462. The van der Waals surface area contributed by atoms with Crippen molar-refractivity contribution in [1.29, 1.82) is 0 Å². The van der Waals surface area contributed by atoms with Gasteiger partial charge in [0.25, 0.3) is 0 Å². The zero-order valence-electron chi connectivity index (χ0n) is 11.3. The van der Waals surface area contributed by atoms with E-state index in [4.69, 9.17) is 44.3 Å². The number of ether oxygens (including phenoxy) is 2. The number of nitrogens with one attached hydrogen (secondary N) is 1. The van der Waals surface area contributed by atoms with Gasteiger partial charge in [0.05, 0.1) is 7.11 Å². The molecule has 1 amide bonds. The fourth-order valence-corrected chi connectivity index (χ4v) is 1.56. The van der Waals surface area contributed by atoms with E-state index >= 15 is 0 Å². The Morgan fingerprint density at radius 2 is 1.65 bits per heavy atom. The Balaban J connectivity index is 2.81. The fourth-order valence-electron chi connectivity index (χ4n) is 1.26. The molecule has 20 heavy (non-hydrogen) atoms. The average Bonchev–Trinajstić information content (AvgIpc) is 2.37. The summed E-state index contributed by atoms with van der Waals surface area (Å²) in [7, 11) is 1.56. The van der Waals surface area contributed by atoms with Crippen molar-refractivity contribution in [2.75, 3.05) is 7.11 Å². The van der Waals surface area contributed by atoms with Crippen LogP contribution >= 0.6 is 34.8 Å². The molecule has 1 aromatic rings. The highest BCUT2D eigenvalue weighted by Gasteiger charge is 2.36. The van der Waals surface area contributed by atoms with Crippen LogP contribution in [-0.2, 0) is 4.79 Å². The summed E-state index contributed by atoms with van der Waals surface area (Å²) >= 11 is 17.5. The molecular weight excluding hydrogens is 325 g/mol. The minimum Gasteiger partial charge on any atom is -0.497 e. The van der Waals surface area contributed by atoms with Crippen LogP contribution < -0.4 is 14.8 Å². The predicted octanol–water partition coefficient (Wildman–Crippen LogP) is 3.54. The monoisotopic (exact) mass is 339 g/mol. The summed E-state index contributed by atoms with van der Waals surface area (Å²) in [5, 5.41) is 2.55. The second kappa shape index (κ2) is 7.25. The average molecular weight is 341 g/mol. The largest absolute Gasteiger partial charge is 0.497 e. The zero-order valence-corrected chi connectivity index (χ0v) is 13.6. The van der Waals surface area contributed by atoms with Gasteiger partial charge in [0.1, 0.15) is 11.5 Å². The summed E-state index contributed by atoms with van der Waals surface area (Å²) in [4.78, 5) is 11.7. The SMILES string of the molecule is COc1ccc(O[C@H](NC(=O)C(C)C)C(Cl)(Cl)Cl)cc1. The molecule has 7 heteroatoms. The van der Waals surface area contributed by atoms with Gasteiger partial charge in [0.2, 0.25) is 15.9 Å². The number of hydrogen-bond donors (Lipinski definition) is 1. The van der Waals surface area contributed by atoms with Gasteiger partial charge in [-0.3, -0.25) is 4.79 Å². The van der Waals surface area contributed by atoms with Gasteiger partial charge in [0.15, 0.2) is 0 Å². The number of amides is 1. The predicted molar refractivity (Wildman–Crippen MR) is 80.7 cm³/mol. The molecule has 1 atom stereocenters. The molecule has 1 N–H and O–H groups in total. The first-order valence-corrected chi connectivity index (χ1v) is 7.05. The van der Waals surface area contributed by atoms with Crippen LogP contribution in [0.3, 0.4) is 0 Å². The van der Waals surface area contributed by atoms with Gasteiger partial charge in [0, 0.05) is 5.92 Å². The third-order valence-corrected chi connectivity index (χ3v) is 3.00. The molecule has 0 bridgehead atoms. The van der Waals surface area contributed by atoms with Crippen molar-refractivity contribution in [2.45, 2.75) is 23.9 Å². The molecular formula is C13H16Cl3NO3. The molecule has 1 aromatic carbocycles. The van der Waals surface area contributed by atoms with Crippen molar-refractivity contribution in [3.63, 3.8) is 0 Å². The lowest BCUT2D eigenvalue weighted by Crippen LogP contribution is -2.49. The smallest absolute Gasteiger partial charge is 0.246 e. The van der Waals surface area contributed by atoms with Crippen molar-refractivity contribution in [2.24, 2.45) is 5.92 Å². The van der Waals surface area contributed by atoms with E-state index in [0.29, 0.717) is 11.5 Å². The molecule has 0 aliphatic rings. The first-order chi connectivity index (χ1) is 9.24. The first kappa shape index (κ1) is 17.2. The highest BCUT2D eigenvalue weighted by molar-refractivity contribution is 6.68. The van der Waals surface area contributed by atoms with E-state index in [9.17, 15) is 4.79 Å². The number of benzene rings is 1. The maximum absolute atomic E-state index is 11.7. The number of halogens is 3.